The van der Waals surface area contributed by atoms with Gasteiger partial charge in [0.25, 0.3) is 0 Å². The van der Waals surface area contributed by atoms with Crippen LogP contribution in [0, 0.1) is 0 Å². The molecule has 1 aromatic heterocycles. The van der Waals surface area contributed by atoms with Crippen molar-refractivity contribution in [2.45, 2.75) is 29.0 Å². The second-order valence-corrected chi connectivity index (χ2v) is 9.97. The van der Waals surface area contributed by atoms with Gasteiger partial charge in [-0.15, -0.1) is 10.2 Å². The van der Waals surface area contributed by atoms with Crippen molar-refractivity contribution in [3.63, 3.8) is 0 Å². The van der Waals surface area contributed by atoms with Gasteiger partial charge < -0.3 is 10.4 Å². The lowest BCUT2D eigenvalue weighted by Crippen LogP contribution is -2.19. The summed E-state index contributed by atoms with van der Waals surface area (Å²) in [5.74, 6) is -0.183. The molecular formula is C14H17N3O3S3. The predicted octanol–water partition coefficient (Wildman–Crippen LogP) is 2.09. The molecule has 23 heavy (non-hydrogen) atoms. The minimum Gasteiger partial charge on any atom is -0.391 e. The van der Waals surface area contributed by atoms with Gasteiger partial charge in [0, 0.05) is 5.69 Å². The Morgan fingerprint density at radius 3 is 2.65 bits per heavy atom. The fraction of sp³-hybridized carbons (Fsp3) is 0.429. The molecule has 0 aliphatic carbocycles. The van der Waals surface area contributed by atoms with Crippen LogP contribution >= 0.6 is 23.1 Å². The van der Waals surface area contributed by atoms with Crippen molar-refractivity contribution < 1.29 is 13.5 Å². The van der Waals surface area contributed by atoms with Crippen molar-refractivity contribution in [3.8, 4) is 0 Å². The van der Waals surface area contributed by atoms with Crippen molar-refractivity contribution in [2.75, 3.05) is 16.8 Å². The van der Waals surface area contributed by atoms with Crippen LogP contribution < -0.4 is 5.32 Å². The summed E-state index contributed by atoms with van der Waals surface area (Å²) in [5.41, 5.74) is 2.19. The third-order valence-electron chi connectivity index (χ3n) is 3.54. The van der Waals surface area contributed by atoms with Crippen LogP contribution in [0.3, 0.4) is 0 Å². The first-order valence-corrected chi connectivity index (χ1v) is 10.7. The molecule has 2 heterocycles. The maximum Gasteiger partial charge on any atom is 0.210 e. The largest absolute Gasteiger partial charge is 0.391 e. The van der Waals surface area contributed by atoms with E-state index in [1.54, 1.807) is 0 Å². The van der Waals surface area contributed by atoms with Gasteiger partial charge in [0.05, 0.1) is 22.9 Å². The van der Waals surface area contributed by atoms with Crippen LogP contribution in [0.15, 0.2) is 28.6 Å². The van der Waals surface area contributed by atoms with E-state index < -0.39 is 15.9 Å². The summed E-state index contributed by atoms with van der Waals surface area (Å²) in [4.78, 5) is 0. The van der Waals surface area contributed by atoms with E-state index in [-0.39, 0.29) is 16.8 Å². The van der Waals surface area contributed by atoms with Crippen molar-refractivity contribution >= 4 is 43.8 Å². The van der Waals surface area contributed by atoms with E-state index in [0.29, 0.717) is 9.47 Å². The first kappa shape index (κ1) is 16.7. The predicted molar refractivity (Wildman–Crippen MR) is 93.3 cm³/mol. The number of thioether (sulfide) groups is 1. The topological polar surface area (TPSA) is 92.2 Å². The molecule has 1 aliphatic heterocycles. The Labute approximate surface area is 143 Å². The quantitative estimate of drug-likeness (QED) is 0.831. The summed E-state index contributed by atoms with van der Waals surface area (Å²) in [6, 6.07) is 8.08. The van der Waals surface area contributed by atoms with E-state index in [0.717, 1.165) is 12.1 Å². The molecule has 0 unspecified atom stereocenters. The second kappa shape index (κ2) is 6.76. The fourth-order valence-corrected chi connectivity index (χ4v) is 6.82. The Morgan fingerprint density at radius 2 is 2.04 bits per heavy atom. The highest BCUT2D eigenvalue weighted by Crippen LogP contribution is 2.34. The minimum absolute atomic E-state index is 0.0142. The van der Waals surface area contributed by atoms with Gasteiger partial charge in [-0.25, -0.2) is 8.42 Å². The summed E-state index contributed by atoms with van der Waals surface area (Å²) < 4.78 is 23.7. The summed E-state index contributed by atoms with van der Waals surface area (Å²) in [6.45, 7) is 2.11. The van der Waals surface area contributed by atoms with Gasteiger partial charge in [0.2, 0.25) is 5.13 Å². The third kappa shape index (κ3) is 4.23. The number of hydrogen-bond acceptors (Lipinski definition) is 8. The van der Waals surface area contributed by atoms with Crippen LogP contribution in [0.5, 0.6) is 0 Å². The zero-order chi connectivity index (χ0) is 16.4. The maximum absolute atomic E-state index is 11.5. The number of aryl methyl sites for hydroxylation is 1. The minimum atomic E-state index is -3.14. The second-order valence-electron chi connectivity index (χ2n) is 5.35. The molecule has 0 radical (unpaired) electrons. The Morgan fingerprint density at radius 1 is 1.30 bits per heavy atom. The van der Waals surface area contributed by atoms with Crippen LogP contribution in [0.2, 0.25) is 0 Å². The number of aliphatic hydroxyl groups excluding tert-OH is 1. The van der Waals surface area contributed by atoms with Crippen LogP contribution in [0.1, 0.15) is 12.5 Å². The first-order valence-electron chi connectivity index (χ1n) is 7.20. The van der Waals surface area contributed by atoms with Crippen LogP contribution in [0.25, 0.3) is 0 Å². The smallest absolute Gasteiger partial charge is 0.210 e. The van der Waals surface area contributed by atoms with Gasteiger partial charge in [0.1, 0.15) is 0 Å². The number of nitrogens with zero attached hydrogens (tertiary/aromatic N) is 2. The Bertz CT molecular complexity index is 774. The molecule has 0 bridgehead atoms. The normalized spacial score (nSPS) is 23.0. The van der Waals surface area contributed by atoms with E-state index in [9.17, 15) is 13.5 Å². The average molecular weight is 372 g/mol. The van der Waals surface area contributed by atoms with Gasteiger partial charge >= 0.3 is 0 Å². The molecule has 2 N–H and O–H groups in total. The number of rotatable bonds is 5. The molecule has 0 saturated carbocycles. The number of benzene rings is 1. The number of sulfone groups is 1. The van der Waals surface area contributed by atoms with Gasteiger partial charge in [-0.05, 0) is 24.1 Å². The van der Waals surface area contributed by atoms with Crippen molar-refractivity contribution in [3.05, 3.63) is 29.8 Å². The summed E-state index contributed by atoms with van der Waals surface area (Å²) in [6.07, 6.45) is 0.152. The summed E-state index contributed by atoms with van der Waals surface area (Å²) >= 11 is 2.63. The van der Waals surface area contributed by atoms with Crippen LogP contribution in [-0.4, -0.2) is 46.6 Å². The highest BCUT2D eigenvalue weighted by atomic mass is 32.2. The Balaban J connectivity index is 1.64. The van der Waals surface area contributed by atoms with E-state index >= 15 is 0 Å². The lowest BCUT2D eigenvalue weighted by molar-refractivity contribution is 0.207. The summed E-state index contributed by atoms with van der Waals surface area (Å²) in [5, 5.41) is 21.4. The highest BCUT2D eigenvalue weighted by molar-refractivity contribution is 8.03. The monoisotopic (exact) mass is 371 g/mol. The van der Waals surface area contributed by atoms with Crippen molar-refractivity contribution in [1.29, 1.82) is 0 Å². The van der Waals surface area contributed by atoms with Crippen LogP contribution in [0.4, 0.5) is 10.8 Å². The molecule has 9 heteroatoms. The zero-order valence-corrected chi connectivity index (χ0v) is 14.9. The third-order valence-corrected chi connectivity index (χ3v) is 7.71. The van der Waals surface area contributed by atoms with Gasteiger partial charge in [-0.3, -0.25) is 0 Å². The molecule has 6 nitrogen and oxygen atoms in total. The standard InChI is InChI=1S/C14H17N3O3S3/c1-2-9-3-5-10(6-4-9)15-13-16-17-14(22-13)21-12-8-23(19,20)7-11(12)18/h3-6,11-12,18H,2,7-8H2,1H3,(H,15,16)/t11-,12+/m0/s1. The average Bonchev–Trinajstić information content (AvgIpc) is 3.04. The molecule has 0 spiro atoms. The molecular weight excluding hydrogens is 354 g/mol. The number of hydrogen-bond donors (Lipinski definition) is 2. The number of nitrogens with one attached hydrogen (secondary N) is 1. The molecule has 1 aromatic carbocycles. The maximum atomic E-state index is 11.5. The Hall–Kier alpha value is -1.16. The van der Waals surface area contributed by atoms with Crippen molar-refractivity contribution in [1.82, 2.24) is 10.2 Å². The number of anilines is 2. The van der Waals surface area contributed by atoms with E-state index in [2.05, 4.69) is 34.6 Å². The molecule has 1 aliphatic rings. The zero-order valence-electron chi connectivity index (χ0n) is 12.5. The molecule has 1 saturated heterocycles. The molecule has 124 valence electrons. The van der Waals surface area contributed by atoms with E-state index in [1.807, 2.05) is 12.1 Å². The Kier molecular flexibility index (Phi) is 4.90. The summed E-state index contributed by atoms with van der Waals surface area (Å²) in [7, 11) is -3.14. The molecule has 3 rings (SSSR count). The number of aromatic nitrogens is 2. The first-order chi connectivity index (χ1) is 10.9. The van der Waals surface area contributed by atoms with E-state index in [4.69, 9.17) is 0 Å². The van der Waals surface area contributed by atoms with Crippen molar-refractivity contribution in [2.24, 2.45) is 0 Å². The highest BCUT2D eigenvalue weighted by Gasteiger charge is 2.37. The number of aliphatic hydroxyl groups is 1. The molecule has 2 atom stereocenters. The molecule has 1 fully saturated rings. The lowest BCUT2D eigenvalue weighted by atomic mass is 10.1. The molecule has 0 amide bonds. The van der Waals surface area contributed by atoms with Gasteiger partial charge in [-0.1, -0.05) is 42.2 Å². The SMILES string of the molecule is CCc1ccc(Nc2nnc(S[C@@H]3CS(=O)(=O)C[C@@H]3O)s2)cc1. The molecule has 2 aromatic rings. The fourth-order valence-electron chi connectivity index (χ4n) is 2.29. The van der Waals surface area contributed by atoms with Crippen LogP contribution in [-0.2, 0) is 16.3 Å². The van der Waals surface area contributed by atoms with Gasteiger partial charge in [0.15, 0.2) is 14.2 Å². The van der Waals surface area contributed by atoms with Gasteiger partial charge in [-0.2, -0.15) is 0 Å². The lowest BCUT2D eigenvalue weighted by Gasteiger charge is -2.08. The van der Waals surface area contributed by atoms with E-state index in [1.165, 1.54) is 28.7 Å².